The maximum absolute atomic E-state index is 12.3. The van der Waals surface area contributed by atoms with Crippen molar-refractivity contribution in [2.24, 2.45) is 0 Å². The van der Waals surface area contributed by atoms with E-state index in [4.69, 9.17) is 15.1 Å². The zero-order chi connectivity index (χ0) is 27.5. The molecule has 2 fully saturated rings. The Labute approximate surface area is 230 Å². The first-order chi connectivity index (χ1) is 18.8. The Morgan fingerprint density at radius 2 is 1.87 bits per heavy atom. The zero-order valence-corrected chi connectivity index (χ0v) is 23.3. The Morgan fingerprint density at radius 3 is 2.54 bits per heavy atom. The van der Waals surface area contributed by atoms with Crippen molar-refractivity contribution >= 4 is 23.5 Å². The van der Waals surface area contributed by atoms with Crippen molar-refractivity contribution < 1.29 is 9.90 Å². The number of carbonyl (C=O) groups is 1. The van der Waals surface area contributed by atoms with E-state index in [2.05, 4.69) is 56.0 Å². The molecule has 3 aromatic heterocycles. The second kappa shape index (κ2) is 11.5. The van der Waals surface area contributed by atoms with E-state index in [-0.39, 0.29) is 25.1 Å². The van der Waals surface area contributed by atoms with E-state index >= 15 is 0 Å². The molecule has 0 spiro atoms. The van der Waals surface area contributed by atoms with Crippen LogP contribution in [-0.2, 0) is 0 Å². The number of pyridine rings is 2. The highest BCUT2D eigenvalue weighted by Gasteiger charge is 2.29. The standard InChI is InChI=1S/C29H38N8O2/c1-19-14-24(28(39)30-9-13-38)17-32-27(19)35-11-12-36(22(4)18-35)26-15-25(23-8-7-20(2)31-16-23)33-29(34-26)37-10-5-6-21(37)3/h7-8,14-17,21-22,38H,5-6,9-13,18H2,1-4H3,(H,30,39)/t21?,22-/m1/s1. The third-order valence-corrected chi connectivity index (χ3v) is 7.65. The largest absolute Gasteiger partial charge is 0.395 e. The zero-order valence-electron chi connectivity index (χ0n) is 23.3. The van der Waals surface area contributed by atoms with E-state index in [9.17, 15) is 4.79 Å². The molecule has 2 aliphatic rings. The molecule has 0 aromatic carbocycles. The lowest BCUT2D eigenvalue weighted by atomic mass is 10.1. The van der Waals surface area contributed by atoms with Gasteiger partial charge in [-0.3, -0.25) is 9.78 Å². The number of hydrogen-bond acceptors (Lipinski definition) is 9. The third-order valence-electron chi connectivity index (χ3n) is 7.65. The second-order valence-electron chi connectivity index (χ2n) is 10.6. The average Bonchev–Trinajstić information content (AvgIpc) is 3.37. The summed E-state index contributed by atoms with van der Waals surface area (Å²) in [4.78, 5) is 38.4. The summed E-state index contributed by atoms with van der Waals surface area (Å²) < 4.78 is 0. The van der Waals surface area contributed by atoms with E-state index in [1.165, 1.54) is 0 Å². The van der Waals surface area contributed by atoms with Crippen LogP contribution in [0.3, 0.4) is 0 Å². The van der Waals surface area contributed by atoms with Gasteiger partial charge in [0, 0.05) is 74.5 Å². The summed E-state index contributed by atoms with van der Waals surface area (Å²) in [5.41, 5.74) is 4.32. The SMILES string of the molecule is Cc1ccc(-c2cc(N3CCN(c4ncc(C(=O)NCCO)cc4C)C[C@H]3C)nc(N3CCCC3C)n2)cn1. The number of aromatic nitrogens is 4. The number of nitrogens with zero attached hydrogens (tertiary/aromatic N) is 7. The Bertz CT molecular complexity index is 1320. The lowest BCUT2D eigenvalue weighted by Crippen LogP contribution is -2.53. The highest BCUT2D eigenvalue weighted by atomic mass is 16.3. The van der Waals surface area contributed by atoms with Crippen LogP contribution in [0.25, 0.3) is 11.3 Å². The second-order valence-corrected chi connectivity index (χ2v) is 10.6. The minimum Gasteiger partial charge on any atom is -0.395 e. The molecule has 0 radical (unpaired) electrons. The lowest BCUT2D eigenvalue weighted by molar-refractivity contribution is 0.0944. The Morgan fingerprint density at radius 1 is 1.03 bits per heavy atom. The van der Waals surface area contributed by atoms with Crippen molar-refractivity contribution in [2.45, 2.75) is 52.6 Å². The molecule has 0 aliphatic carbocycles. The first-order valence-corrected chi connectivity index (χ1v) is 13.8. The van der Waals surface area contributed by atoms with E-state index in [1.807, 2.05) is 32.2 Å². The van der Waals surface area contributed by atoms with Crippen LogP contribution in [0, 0.1) is 13.8 Å². The molecular weight excluding hydrogens is 492 g/mol. The molecule has 2 N–H and O–H groups in total. The Kier molecular flexibility index (Phi) is 7.92. The van der Waals surface area contributed by atoms with Crippen LogP contribution in [0.15, 0.2) is 36.7 Å². The molecule has 5 heterocycles. The first-order valence-electron chi connectivity index (χ1n) is 13.8. The van der Waals surface area contributed by atoms with Crippen LogP contribution in [-0.4, -0.2) is 82.4 Å². The molecule has 2 atom stereocenters. The highest BCUT2D eigenvalue weighted by molar-refractivity contribution is 5.94. The average molecular weight is 531 g/mol. The summed E-state index contributed by atoms with van der Waals surface area (Å²) >= 11 is 0. The van der Waals surface area contributed by atoms with E-state index in [1.54, 1.807) is 6.20 Å². The van der Waals surface area contributed by atoms with Gasteiger partial charge in [0.2, 0.25) is 5.95 Å². The smallest absolute Gasteiger partial charge is 0.252 e. The number of amides is 1. The first kappa shape index (κ1) is 26.8. The van der Waals surface area contributed by atoms with Gasteiger partial charge in [-0.05, 0) is 64.3 Å². The summed E-state index contributed by atoms with van der Waals surface area (Å²) in [7, 11) is 0. The van der Waals surface area contributed by atoms with E-state index < -0.39 is 0 Å². The number of anilines is 3. The van der Waals surface area contributed by atoms with Crippen LogP contribution in [0.2, 0.25) is 0 Å². The summed E-state index contributed by atoms with van der Waals surface area (Å²) in [5.74, 6) is 2.38. The molecule has 0 saturated carbocycles. The van der Waals surface area contributed by atoms with Gasteiger partial charge >= 0.3 is 0 Å². The van der Waals surface area contributed by atoms with Crippen molar-refractivity contribution in [3.05, 3.63) is 53.5 Å². The summed E-state index contributed by atoms with van der Waals surface area (Å²) in [6.07, 6.45) is 5.81. The maximum Gasteiger partial charge on any atom is 0.252 e. The number of piperazine rings is 1. The number of nitrogens with one attached hydrogen (secondary N) is 1. The van der Waals surface area contributed by atoms with Crippen molar-refractivity contribution in [1.29, 1.82) is 0 Å². The van der Waals surface area contributed by atoms with Gasteiger partial charge in [0.1, 0.15) is 11.6 Å². The van der Waals surface area contributed by atoms with Crippen molar-refractivity contribution in [2.75, 3.05) is 54.0 Å². The number of aryl methyl sites for hydroxylation is 2. The third kappa shape index (κ3) is 5.80. The number of aliphatic hydroxyl groups is 1. The molecule has 1 unspecified atom stereocenters. The van der Waals surface area contributed by atoms with Gasteiger partial charge in [-0.25, -0.2) is 9.97 Å². The number of hydrogen-bond donors (Lipinski definition) is 2. The Balaban J connectivity index is 1.38. The molecule has 3 aromatic rings. The van der Waals surface area contributed by atoms with Crippen molar-refractivity contribution in [3.63, 3.8) is 0 Å². The van der Waals surface area contributed by atoms with Crippen LogP contribution >= 0.6 is 0 Å². The summed E-state index contributed by atoms with van der Waals surface area (Å²) in [6, 6.07) is 8.66. The normalized spacial score (nSPS) is 19.5. The molecule has 2 aliphatic heterocycles. The molecule has 1 amide bonds. The van der Waals surface area contributed by atoms with Gasteiger partial charge in [0.05, 0.1) is 17.9 Å². The fourth-order valence-corrected chi connectivity index (χ4v) is 5.48. The highest BCUT2D eigenvalue weighted by Crippen LogP contribution is 2.31. The van der Waals surface area contributed by atoms with Gasteiger partial charge in [0.25, 0.3) is 5.91 Å². The van der Waals surface area contributed by atoms with E-state index in [0.29, 0.717) is 11.6 Å². The fraction of sp³-hybridized carbons (Fsp3) is 0.483. The minimum absolute atomic E-state index is 0.0906. The van der Waals surface area contributed by atoms with Gasteiger partial charge < -0.3 is 25.1 Å². The number of aliphatic hydroxyl groups excluding tert-OH is 1. The molecule has 10 heteroatoms. The monoisotopic (exact) mass is 530 g/mol. The number of rotatable bonds is 7. The van der Waals surface area contributed by atoms with Crippen molar-refractivity contribution in [3.8, 4) is 11.3 Å². The lowest BCUT2D eigenvalue weighted by Gasteiger charge is -2.41. The molecule has 10 nitrogen and oxygen atoms in total. The Hall–Kier alpha value is -3.79. The molecular formula is C29H38N8O2. The predicted octanol–water partition coefficient (Wildman–Crippen LogP) is 2.98. The van der Waals surface area contributed by atoms with Crippen LogP contribution < -0.4 is 20.0 Å². The summed E-state index contributed by atoms with van der Waals surface area (Å²) in [5, 5.41) is 11.7. The topological polar surface area (TPSA) is 111 Å². The summed E-state index contributed by atoms with van der Waals surface area (Å²) in [6.45, 7) is 11.9. The molecule has 39 heavy (non-hydrogen) atoms. The predicted molar refractivity (Wildman–Crippen MR) is 153 cm³/mol. The molecule has 5 rings (SSSR count). The van der Waals surface area contributed by atoms with Gasteiger partial charge in [-0.2, -0.15) is 4.98 Å². The number of carbonyl (C=O) groups excluding carboxylic acids is 1. The quantitative estimate of drug-likeness (QED) is 0.476. The van der Waals surface area contributed by atoms with Crippen molar-refractivity contribution in [1.82, 2.24) is 25.3 Å². The van der Waals surface area contributed by atoms with Gasteiger partial charge in [-0.15, -0.1) is 0 Å². The molecule has 206 valence electrons. The minimum atomic E-state index is -0.226. The van der Waals surface area contributed by atoms with Crippen LogP contribution in [0.4, 0.5) is 17.6 Å². The molecule has 0 bridgehead atoms. The molecule has 2 saturated heterocycles. The van der Waals surface area contributed by atoms with Crippen LogP contribution in [0.5, 0.6) is 0 Å². The fourth-order valence-electron chi connectivity index (χ4n) is 5.48. The maximum atomic E-state index is 12.3. The van der Waals surface area contributed by atoms with Gasteiger partial charge in [0.15, 0.2) is 0 Å². The van der Waals surface area contributed by atoms with Gasteiger partial charge in [-0.1, -0.05) is 0 Å². The van der Waals surface area contributed by atoms with Crippen LogP contribution in [0.1, 0.15) is 48.3 Å². The van der Waals surface area contributed by atoms with E-state index in [0.717, 1.165) is 79.1 Å².